The highest BCUT2D eigenvalue weighted by Crippen LogP contribution is 2.33. The number of nitrogens with zero attached hydrogens (tertiary/aromatic N) is 5. The van der Waals surface area contributed by atoms with Gasteiger partial charge in [0.25, 0.3) is 5.91 Å². The number of rotatable bonds is 4. The third-order valence-electron chi connectivity index (χ3n) is 5.86. The molecule has 1 saturated carbocycles. The Kier molecular flexibility index (Phi) is 4.82. The molecule has 0 unspecified atom stereocenters. The van der Waals surface area contributed by atoms with Crippen LogP contribution >= 0.6 is 0 Å². The van der Waals surface area contributed by atoms with E-state index in [1.54, 1.807) is 17.1 Å². The van der Waals surface area contributed by atoms with Gasteiger partial charge in [-0.25, -0.2) is 9.48 Å². The zero-order chi connectivity index (χ0) is 21.3. The highest BCUT2D eigenvalue weighted by atomic mass is 16.2. The lowest BCUT2D eigenvalue weighted by molar-refractivity contribution is -0.132. The van der Waals surface area contributed by atoms with Gasteiger partial charge in [0.1, 0.15) is 11.2 Å². The molecule has 2 aromatic heterocycles. The van der Waals surface area contributed by atoms with Crippen molar-refractivity contribution in [2.75, 3.05) is 0 Å². The van der Waals surface area contributed by atoms with Gasteiger partial charge in [0.05, 0.1) is 11.9 Å². The molecule has 1 aliphatic heterocycles. The van der Waals surface area contributed by atoms with Crippen LogP contribution in [0.5, 0.6) is 0 Å². The number of nitrogens with one attached hydrogen (secondary N) is 1. The molecule has 1 spiro atoms. The Bertz CT molecular complexity index is 1130. The number of hydrogen-bond donors (Lipinski definition) is 1. The highest BCUT2D eigenvalue weighted by molar-refractivity contribution is 6.07. The van der Waals surface area contributed by atoms with Crippen LogP contribution in [0.2, 0.25) is 0 Å². The highest BCUT2D eigenvalue weighted by Gasteiger charge is 2.51. The predicted molar refractivity (Wildman–Crippen MR) is 116 cm³/mol. The lowest BCUT2D eigenvalue weighted by Gasteiger charge is -2.29. The summed E-state index contributed by atoms with van der Waals surface area (Å²) in [5.74, 6) is -0.271. The maximum Gasteiger partial charge on any atom is 0.346 e. The molecule has 1 aromatic carbocycles. The van der Waals surface area contributed by atoms with Crippen molar-refractivity contribution in [2.45, 2.75) is 37.6 Å². The van der Waals surface area contributed by atoms with Gasteiger partial charge >= 0.3 is 6.03 Å². The number of para-hydroxylation sites is 1. The number of amides is 3. The standard InChI is InChI=1S/C23H22N6O2/c30-21-23(11-5-2-6-12-23)26-22(31)29(21)25-15-18-16-28(19-9-3-1-4-10-19)27-20(18)17-8-7-13-24-14-17/h1,3-4,7-10,13-16H,2,5-6,11-12H2,(H,26,31)/b25-15-. The molecule has 8 heteroatoms. The van der Waals surface area contributed by atoms with Gasteiger partial charge in [0, 0.05) is 29.7 Å². The molecule has 0 radical (unpaired) electrons. The first-order valence-corrected chi connectivity index (χ1v) is 10.4. The first-order valence-electron chi connectivity index (χ1n) is 10.4. The number of aromatic nitrogens is 3. The molecule has 8 nitrogen and oxygen atoms in total. The average molecular weight is 414 g/mol. The molecule has 2 fully saturated rings. The van der Waals surface area contributed by atoms with Crippen LogP contribution in [0.15, 0.2) is 66.2 Å². The van der Waals surface area contributed by atoms with E-state index in [0.717, 1.165) is 35.5 Å². The second kappa shape index (κ2) is 7.79. The normalized spacial score (nSPS) is 18.1. The predicted octanol–water partition coefficient (Wildman–Crippen LogP) is 3.52. The Hall–Kier alpha value is -3.81. The second-order valence-corrected chi connectivity index (χ2v) is 7.89. The maximum atomic E-state index is 13.0. The minimum Gasteiger partial charge on any atom is -0.321 e. The SMILES string of the molecule is O=C1NC2(CCCCC2)C(=O)N1/N=C\c1cn(-c2ccccc2)nc1-c1cccnc1. The summed E-state index contributed by atoms with van der Waals surface area (Å²) in [4.78, 5) is 29.7. The van der Waals surface area contributed by atoms with E-state index in [2.05, 4.69) is 15.4 Å². The molecule has 1 saturated heterocycles. The maximum absolute atomic E-state index is 13.0. The smallest absolute Gasteiger partial charge is 0.321 e. The van der Waals surface area contributed by atoms with Crippen molar-refractivity contribution in [1.82, 2.24) is 25.1 Å². The number of pyridine rings is 1. The van der Waals surface area contributed by atoms with E-state index in [4.69, 9.17) is 5.10 Å². The molecule has 3 heterocycles. The summed E-state index contributed by atoms with van der Waals surface area (Å²) in [6.45, 7) is 0. The Morgan fingerprint density at radius 1 is 1.03 bits per heavy atom. The Balaban J connectivity index is 1.49. The number of urea groups is 1. The van der Waals surface area contributed by atoms with Crippen LogP contribution in [0.4, 0.5) is 4.79 Å². The van der Waals surface area contributed by atoms with E-state index in [1.165, 1.54) is 6.21 Å². The zero-order valence-corrected chi connectivity index (χ0v) is 16.9. The second-order valence-electron chi connectivity index (χ2n) is 7.89. The lowest BCUT2D eigenvalue weighted by atomic mass is 9.82. The molecule has 3 amide bonds. The van der Waals surface area contributed by atoms with Gasteiger partial charge in [0.2, 0.25) is 0 Å². The van der Waals surface area contributed by atoms with Crippen molar-refractivity contribution in [3.05, 3.63) is 66.6 Å². The van der Waals surface area contributed by atoms with Crippen molar-refractivity contribution in [1.29, 1.82) is 0 Å². The van der Waals surface area contributed by atoms with Gasteiger partial charge in [-0.2, -0.15) is 10.2 Å². The largest absolute Gasteiger partial charge is 0.346 e. The third-order valence-corrected chi connectivity index (χ3v) is 5.86. The van der Waals surface area contributed by atoms with Crippen molar-refractivity contribution < 1.29 is 9.59 Å². The number of benzene rings is 1. The summed E-state index contributed by atoms with van der Waals surface area (Å²) in [5, 5.41) is 12.8. The zero-order valence-electron chi connectivity index (χ0n) is 16.9. The van der Waals surface area contributed by atoms with Gasteiger partial charge in [0.15, 0.2) is 0 Å². The minimum absolute atomic E-state index is 0.271. The fraction of sp³-hybridized carbons (Fsp3) is 0.261. The number of hydrazone groups is 1. The summed E-state index contributed by atoms with van der Waals surface area (Å²) in [5.41, 5.74) is 2.26. The van der Waals surface area contributed by atoms with Crippen LogP contribution in [0.1, 0.15) is 37.7 Å². The molecule has 3 aromatic rings. The van der Waals surface area contributed by atoms with E-state index < -0.39 is 11.6 Å². The molecule has 0 atom stereocenters. The fourth-order valence-electron chi connectivity index (χ4n) is 4.25. The van der Waals surface area contributed by atoms with Crippen LogP contribution in [0.25, 0.3) is 16.9 Å². The van der Waals surface area contributed by atoms with Crippen LogP contribution < -0.4 is 5.32 Å². The molecule has 5 rings (SSSR count). The van der Waals surface area contributed by atoms with Crippen LogP contribution in [0.3, 0.4) is 0 Å². The van der Waals surface area contributed by atoms with Gasteiger partial charge < -0.3 is 5.32 Å². The molecule has 0 bridgehead atoms. The Morgan fingerprint density at radius 2 is 1.84 bits per heavy atom. The van der Waals surface area contributed by atoms with Crippen LogP contribution in [0, 0.1) is 0 Å². The fourth-order valence-corrected chi connectivity index (χ4v) is 4.25. The van der Waals surface area contributed by atoms with E-state index in [0.29, 0.717) is 24.1 Å². The molecule has 1 aliphatic carbocycles. The quantitative estimate of drug-likeness (QED) is 0.522. The van der Waals surface area contributed by atoms with E-state index in [-0.39, 0.29) is 5.91 Å². The Labute approximate surface area is 179 Å². The van der Waals surface area contributed by atoms with Gasteiger partial charge in [-0.15, -0.1) is 5.01 Å². The summed E-state index contributed by atoms with van der Waals surface area (Å²) >= 11 is 0. The summed E-state index contributed by atoms with van der Waals surface area (Å²) in [7, 11) is 0. The van der Waals surface area contributed by atoms with Crippen molar-refractivity contribution >= 4 is 18.2 Å². The summed E-state index contributed by atoms with van der Waals surface area (Å²) in [6, 6.07) is 13.0. The monoisotopic (exact) mass is 414 g/mol. The minimum atomic E-state index is -0.799. The van der Waals surface area contributed by atoms with Crippen LogP contribution in [-0.2, 0) is 4.79 Å². The van der Waals surface area contributed by atoms with E-state index in [9.17, 15) is 9.59 Å². The number of carbonyl (C=O) groups is 2. The first-order chi connectivity index (χ1) is 15.2. The number of carbonyl (C=O) groups excluding carboxylic acids is 2. The summed E-state index contributed by atoms with van der Waals surface area (Å²) < 4.78 is 1.75. The number of hydrogen-bond acceptors (Lipinski definition) is 5. The molecule has 31 heavy (non-hydrogen) atoms. The number of imide groups is 1. The molecular formula is C23H22N6O2. The molecular weight excluding hydrogens is 392 g/mol. The first kappa shape index (κ1) is 19.2. The van der Waals surface area contributed by atoms with Gasteiger partial charge in [-0.1, -0.05) is 37.5 Å². The van der Waals surface area contributed by atoms with Crippen molar-refractivity contribution in [3.8, 4) is 16.9 Å². The summed E-state index contributed by atoms with van der Waals surface area (Å²) in [6.07, 6.45) is 11.0. The molecule has 1 N–H and O–H groups in total. The molecule has 156 valence electrons. The average Bonchev–Trinajstić information content (AvgIpc) is 3.33. The van der Waals surface area contributed by atoms with Crippen molar-refractivity contribution in [3.63, 3.8) is 0 Å². The van der Waals surface area contributed by atoms with Crippen LogP contribution in [-0.4, -0.2) is 43.5 Å². The molecule has 2 aliphatic rings. The van der Waals surface area contributed by atoms with Gasteiger partial charge in [-0.3, -0.25) is 9.78 Å². The topological polar surface area (TPSA) is 92.5 Å². The third kappa shape index (κ3) is 3.50. The lowest BCUT2D eigenvalue weighted by Crippen LogP contribution is -2.48. The van der Waals surface area contributed by atoms with Gasteiger partial charge in [-0.05, 0) is 37.1 Å². The van der Waals surface area contributed by atoms with E-state index in [1.807, 2.05) is 48.7 Å². The Morgan fingerprint density at radius 3 is 2.58 bits per heavy atom. The van der Waals surface area contributed by atoms with E-state index >= 15 is 0 Å². The van der Waals surface area contributed by atoms with Crippen molar-refractivity contribution in [2.24, 2.45) is 5.10 Å².